The molecule has 1 rings (SSSR count). The minimum Gasteiger partial charge on any atom is -0.358 e. The van der Waals surface area contributed by atoms with Gasteiger partial charge in [-0.05, 0) is 4.92 Å². The van der Waals surface area contributed by atoms with Crippen molar-refractivity contribution in [2.24, 2.45) is 0 Å². The second-order valence-corrected chi connectivity index (χ2v) is 2.13. The van der Waals surface area contributed by atoms with E-state index >= 15 is 0 Å². The van der Waals surface area contributed by atoms with Gasteiger partial charge in [-0.2, -0.15) is 4.98 Å². The fourth-order valence-electron chi connectivity index (χ4n) is 0.362. The van der Waals surface area contributed by atoms with Gasteiger partial charge in [0.25, 0.3) is 0 Å². The van der Waals surface area contributed by atoms with Crippen LogP contribution in [0.5, 0.6) is 0 Å². The minimum absolute atomic E-state index is 0.245. The standard InChI is InChI=1S/C3H2N2O3S/c6-3-4-2(1-9-3)5(7)8/h1H,(H,4,6). The van der Waals surface area contributed by atoms with Crippen molar-refractivity contribution in [1.82, 2.24) is 4.98 Å². The molecule has 9 heavy (non-hydrogen) atoms. The lowest BCUT2D eigenvalue weighted by Crippen LogP contribution is -1.95. The predicted octanol–water partition coefficient (Wildman–Crippen LogP) is 0.345. The van der Waals surface area contributed by atoms with Crippen LogP contribution >= 0.6 is 11.3 Å². The third-order valence-corrected chi connectivity index (χ3v) is 1.36. The summed E-state index contributed by atoms with van der Waals surface area (Å²) in [4.78, 5) is 21.1. The van der Waals surface area contributed by atoms with Gasteiger partial charge in [-0.25, -0.2) is 4.79 Å². The van der Waals surface area contributed by atoms with Crippen LogP contribution < -0.4 is 4.87 Å². The summed E-state index contributed by atoms with van der Waals surface area (Å²) in [5.74, 6) is -0.245. The van der Waals surface area contributed by atoms with Crippen molar-refractivity contribution in [2.45, 2.75) is 0 Å². The monoisotopic (exact) mass is 146 g/mol. The fraction of sp³-hybridized carbons (Fsp3) is 0. The van der Waals surface area contributed by atoms with Crippen LogP contribution in [0.15, 0.2) is 10.2 Å². The molecule has 48 valence electrons. The molecule has 0 aliphatic carbocycles. The Bertz CT molecular complexity index is 275. The Kier molecular flexibility index (Phi) is 1.31. The fourth-order valence-corrected chi connectivity index (χ4v) is 0.889. The molecule has 0 aliphatic rings. The number of nitrogens with one attached hydrogen (secondary N) is 1. The highest BCUT2D eigenvalue weighted by Gasteiger charge is 2.04. The van der Waals surface area contributed by atoms with Crippen molar-refractivity contribution in [3.63, 3.8) is 0 Å². The van der Waals surface area contributed by atoms with Gasteiger partial charge in [0.15, 0.2) is 0 Å². The summed E-state index contributed by atoms with van der Waals surface area (Å²) < 4.78 is 0. The molecule has 0 saturated carbocycles. The molecule has 0 atom stereocenters. The Balaban J connectivity index is 3.12. The van der Waals surface area contributed by atoms with Gasteiger partial charge >= 0.3 is 10.7 Å². The van der Waals surface area contributed by atoms with E-state index in [4.69, 9.17) is 0 Å². The number of rotatable bonds is 1. The number of hydrogen-bond acceptors (Lipinski definition) is 4. The summed E-state index contributed by atoms with van der Waals surface area (Å²) >= 11 is 0.780. The molecule has 0 fully saturated rings. The SMILES string of the molecule is O=c1[nH]c([N+](=O)[O-])cs1. The maximum absolute atomic E-state index is 10.3. The summed E-state index contributed by atoms with van der Waals surface area (Å²) in [6.45, 7) is 0. The molecule has 0 radical (unpaired) electrons. The first-order chi connectivity index (χ1) is 4.20. The molecule has 1 aromatic heterocycles. The number of thiazole rings is 1. The van der Waals surface area contributed by atoms with Crippen LogP contribution in [0, 0.1) is 10.1 Å². The molecule has 5 nitrogen and oxygen atoms in total. The first-order valence-corrected chi connectivity index (χ1v) is 2.90. The van der Waals surface area contributed by atoms with Crippen LogP contribution in [0.1, 0.15) is 0 Å². The molecule has 1 heterocycles. The van der Waals surface area contributed by atoms with Gasteiger partial charge < -0.3 is 10.1 Å². The van der Waals surface area contributed by atoms with E-state index in [0.717, 1.165) is 11.3 Å². The number of aromatic amines is 1. The molecule has 6 heteroatoms. The Hall–Kier alpha value is -1.17. The lowest BCUT2D eigenvalue weighted by molar-refractivity contribution is -0.389. The number of nitro groups is 1. The molecule has 0 bridgehead atoms. The molecule has 0 spiro atoms. The first-order valence-electron chi connectivity index (χ1n) is 2.02. The van der Waals surface area contributed by atoms with Gasteiger partial charge in [0.1, 0.15) is 0 Å². The van der Waals surface area contributed by atoms with E-state index in [2.05, 4.69) is 0 Å². The highest BCUT2D eigenvalue weighted by molar-refractivity contribution is 7.07. The van der Waals surface area contributed by atoms with Gasteiger partial charge in [-0.3, -0.25) is 0 Å². The van der Waals surface area contributed by atoms with E-state index in [1.165, 1.54) is 5.38 Å². The van der Waals surface area contributed by atoms with Crippen molar-refractivity contribution < 1.29 is 4.92 Å². The maximum atomic E-state index is 10.3. The van der Waals surface area contributed by atoms with Gasteiger partial charge in [-0.1, -0.05) is 11.3 Å². The Labute approximate surface area is 53.1 Å². The average molecular weight is 146 g/mol. The Morgan fingerprint density at radius 1 is 1.78 bits per heavy atom. The number of aromatic nitrogens is 1. The molecule has 1 aromatic rings. The lowest BCUT2D eigenvalue weighted by Gasteiger charge is -1.83. The van der Waals surface area contributed by atoms with Crippen molar-refractivity contribution in [2.75, 3.05) is 0 Å². The second kappa shape index (κ2) is 1.98. The van der Waals surface area contributed by atoms with Crippen molar-refractivity contribution in [3.8, 4) is 0 Å². The van der Waals surface area contributed by atoms with E-state index in [1.54, 1.807) is 0 Å². The van der Waals surface area contributed by atoms with E-state index < -0.39 is 9.80 Å². The first kappa shape index (κ1) is 5.96. The normalized spacial score (nSPS) is 9.33. The third kappa shape index (κ3) is 1.14. The average Bonchev–Trinajstić information content (AvgIpc) is 2.14. The topological polar surface area (TPSA) is 76.0 Å². The molecule has 0 aromatic carbocycles. The predicted molar refractivity (Wildman–Crippen MR) is 31.6 cm³/mol. The van der Waals surface area contributed by atoms with Crippen LogP contribution in [0.3, 0.4) is 0 Å². The summed E-state index contributed by atoms with van der Waals surface area (Å²) in [7, 11) is 0. The zero-order valence-electron chi connectivity index (χ0n) is 4.16. The lowest BCUT2D eigenvalue weighted by atomic mass is 10.8. The second-order valence-electron chi connectivity index (χ2n) is 1.29. The quantitative estimate of drug-likeness (QED) is 0.458. The van der Waals surface area contributed by atoms with E-state index in [9.17, 15) is 14.9 Å². The minimum atomic E-state index is -0.641. The summed E-state index contributed by atoms with van der Waals surface area (Å²) in [5.41, 5.74) is 0. The van der Waals surface area contributed by atoms with E-state index in [0.29, 0.717) is 0 Å². The van der Waals surface area contributed by atoms with Crippen molar-refractivity contribution in [1.29, 1.82) is 0 Å². The number of hydrogen-bond donors (Lipinski definition) is 1. The summed E-state index contributed by atoms with van der Waals surface area (Å²) in [6, 6.07) is 0. The number of H-pyrrole nitrogens is 1. The van der Waals surface area contributed by atoms with Crippen molar-refractivity contribution in [3.05, 3.63) is 25.2 Å². The van der Waals surface area contributed by atoms with E-state index in [-0.39, 0.29) is 5.82 Å². The zero-order chi connectivity index (χ0) is 6.85. The molecular weight excluding hydrogens is 144 g/mol. The largest absolute Gasteiger partial charge is 0.389 e. The van der Waals surface area contributed by atoms with Crippen LogP contribution in [-0.4, -0.2) is 9.91 Å². The van der Waals surface area contributed by atoms with Crippen LogP contribution in [0.4, 0.5) is 5.82 Å². The summed E-state index contributed by atoms with van der Waals surface area (Å²) in [6.07, 6.45) is 0. The van der Waals surface area contributed by atoms with Gasteiger partial charge in [0, 0.05) is 0 Å². The zero-order valence-corrected chi connectivity index (χ0v) is 4.97. The summed E-state index contributed by atoms with van der Waals surface area (Å²) in [5, 5.41) is 11.0. The van der Waals surface area contributed by atoms with Crippen LogP contribution in [0.2, 0.25) is 0 Å². The Morgan fingerprint density at radius 2 is 2.44 bits per heavy atom. The molecule has 1 N–H and O–H groups in total. The molecule has 0 unspecified atom stereocenters. The molecular formula is C3H2N2O3S. The Morgan fingerprint density at radius 3 is 2.67 bits per heavy atom. The van der Waals surface area contributed by atoms with Gasteiger partial charge in [0.2, 0.25) is 0 Å². The van der Waals surface area contributed by atoms with Gasteiger partial charge in [-0.15, -0.1) is 0 Å². The maximum Gasteiger partial charge on any atom is 0.389 e. The smallest absolute Gasteiger partial charge is 0.358 e. The highest BCUT2D eigenvalue weighted by atomic mass is 32.1. The van der Waals surface area contributed by atoms with Crippen LogP contribution in [-0.2, 0) is 0 Å². The third-order valence-electron chi connectivity index (χ3n) is 0.704. The molecule has 0 amide bonds. The molecule has 0 saturated heterocycles. The highest BCUT2D eigenvalue weighted by Crippen LogP contribution is 2.03. The van der Waals surface area contributed by atoms with Gasteiger partial charge in [0.05, 0.1) is 5.38 Å². The molecule has 0 aliphatic heterocycles. The van der Waals surface area contributed by atoms with E-state index in [1.807, 2.05) is 4.98 Å². The number of nitrogens with zero attached hydrogens (tertiary/aromatic N) is 1. The van der Waals surface area contributed by atoms with Crippen molar-refractivity contribution >= 4 is 17.2 Å². The van der Waals surface area contributed by atoms with Crippen LogP contribution in [0.25, 0.3) is 0 Å².